The molecular formula is C8H10N2O3. The van der Waals surface area contributed by atoms with Crippen LogP contribution >= 0.6 is 0 Å². The van der Waals surface area contributed by atoms with Gasteiger partial charge in [0.2, 0.25) is 0 Å². The molecule has 5 nitrogen and oxygen atoms in total. The summed E-state index contributed by atoms with van der Waals surface area (Å²) >= 11 is 0. The van der Waals surface area contributed by atoms with Crippen LogP contribution in [0.15, 0.2) is 16.8 Å². The Morgan fingerprint density at radius 1 is 1.69 bits per heavy atom. The summed E-state index contributed by atoms with van der Waals surface area (Å²) in [5.74, 6) is 0.541. The van der Waals surface area contributed by atoms with Crippen molar-refractivity contribution in [3.63, 3.8) is 0 Å². The van der Waals surface area contributed by atoms with Gasteiger partial charge in [0, 0.05) is 12.5 Å². The Morgan fingerprint density at radius 2 is 2.62 bits per heavy atom. The van der Waals surface area contributed by atoms with Crippen molar-refractivity contribution in [2.24, 2.45) is 0 Å². The van der Waals surface area contributed by atoms with Crippen LogP contribution in [0.2, 0.25) is 0 Å². The molecule has 13 heavy (non-hydrogen) atoms. The van der Waals surface area contributed by atoms with Gasteiger partial charge in [-0.3, -0.25) is 10.1 Å². The molecule has 1 saturated heterocycles. The number of nitrogens with one attached hydrogen (secondary N) is 1. The molecule has 0 saturated carbocycles. The van der Waals surface area contributed by atoms with Crippen LogP contribution in [0.5, 0.6) is 0 Å². The number of nitrogens with zero attached hydrogens (tertiary/aromatic N) is 1. The Balaban J connectivity index is 1.82. The number of aromatic nitrogens is 1. The fourth-order valence-corrected chi connectivity index (χ4v) is 1.24. The van der Waals surface area contributed by atoms with E-state index in [0.29, 0.717) is 13.2 Å². The summed E-state index contributed by atoms with van der Waals surface area (Å²) in [5, 5.41) is 6.58. The van der Waals surface area contributed by atoms with Gasteiger partial charge in [-0.2, -0.15) is 0 Å². The average molecular weight is 182 g/mol. The number of esters is 1. The molecule has 0 amide bonds. The van der Waals surface area contributed by atoms with Crippen molar-refractivity contribution in [2.45, 2.75) is 19.0 Å². The van der Waals surface area contributed by atoms with Crippen molar-refractivity contribution in [1.82, 2.24) is 10.5 Å². The van der Waals surface area contributed by atoms with E-state index in [-0.39, 0.29) is 12.0 Å². The summed E-state index contributed by atoms with van der Waals surface area (Å²) in [6.07, 6.45) is 2.30. The summed E-state index contributed by atoms with van der Waals surface area (Å²) in [6, 6.07) is 1.57. The van der Waals surface area contributed by atoms with Gasteiger partial charge in [0.15, 0.2) is 0 Å². The molecule has 0 aliphatic carbocycles. The fraction of sp³-hybridized carbons (Fsp3) is 0.500. The van der Waals surface area contributed by atoms with E-state index < -0.39 is 0 Å². The minimum Gasteiger partial charge on any atom is -0.464 e. The number of hydrogen-bond donors (Lipinski definition) is 1. The molecule has 0 bridgehead atoms. The monoisotopic (exact) mass is 182 g/mol. The molecule has 1 aliphatic rings. The van der Waals surface area contributed by atoms with E-state index in [0.717, 1.165) is 12.2 Å². The van der Waals surface area contributed by atoms with Crippen LogP contribution in [0.25, 0.3) is 0 Å². The van der Waals surface area contributed by atoms with Gasteiger partial charge < -0.3 is 9.26 Å². The lowest BCUT2D eigenvalue weighted by Crippen LogP contribution is -2.32. The van der Waals surface area contributed by atoms with Crippen LogP contribution in [-0.2, 0) is 16.1 Å². The SMILES string of the molecule is O=C1OCC[C@@H]1NCc1ccno1. The van der Waals surface area contributed by atoms with Gasteiger partial charge in [0.25, 0.3) is 0 Å². The first-order valence-electron chi connectivity index (χ1n) is 4.16. The molecule has 0 unspecified atom stereocenters. The molecular weight excluding hydrogens is 172 g/mol. The van der Waals surface area contributed by atoms with Crippen LogP contribution in [-0.4, -0.2) is 23.8 Å². The minimum atomic E-state index is -0.190. The molecule has 1 atom stereocenters. The largest absolute Gasteiger partial charge is 0.464 e. The maximum Gasteiger partial charge on any atom is 0.323 e. The molecule has 70 valence electrons. The third-order valence-corrected chi connectivity index (χ3v) is 1.95. The Morgan fingerprint density at radius 3 is 3.23 bits per heavy atom. The van der Waals surface area contributed by atoms with E-state index >= 15 is 0 Å². The number of ether oxygens (including phenoxy) is 1. The van der Waals surface area contributed by atoms with Crippen molar-refractivity contribution in [3.8, 4) is 0 Å². The third kappa shape index (κ3) is 1.86. The standard InChI is InChI=1S/C8H10N2O3/c11-8-7(2-4-12-8)9-5-6-1-3-10-13-6/h1,3,7,9H,2,4-5H2/t7-/m0/s1. The third-order valence-electron chi connectivity index (χ3n) is 1.95. The lowest BCUT2D eigenvalue weighted by molar-refractivity contribution is -0.139. The second kappa shape index (κ2) is 3.57. The van der Waals surface area contributed by atoms with Crippen LogP contribution in [0.3, 0.4) is 0 Å². The van der Waals surface area contributed by atoms with Crippen LogP contribution < -0.4 is 5.32 Å². The summed E-state index contributed by atoms with van der Waals surface area (Å²) in [6.45, 7) is 1.02. The predicted octanol–water partition coefficient (Wildman–Crippen LogP) is 0.0797. The highest BCUT2D eigenvalue weighted by Crippen LogP contribution is 2.06. The van der Waals surface area contributed by atoms with Crippen molar-refractivity contribution < 1.29 is 14.1 Å². The normalized spacial score (nSPS) is 21.8. The van der Waals surface area contributed by atoms with Crippen LogP contribution in [0, 0.1) is 0 Å². The van der Waals surface area contributed by atoms with Crippen LogP contribution in [0.4, 0.5) is 0 Å². The van der Waals surface area contributed by atoms with E-state index in [4.69, 9.17) is 9.26 Å². The number of rotatable bonds is 3. The molecule has 1 N–H and O–H groups in total. The molecule has 0 aromatic carbocycles. The first-order chi connectivity index (χ1) is 6.36. The summed E-state index contributed by atoms with van der Waals surface area (Å²) in [7, 11) is 0. The molecule has 5 heteroatoms. The van der Waals surface area contributed by atoms with E-state index in [9.17, 15) is 4.79 Å². The fourth-order valence-electron chi connectivity index (χ4n) is 1.24. The van der Waals surface area contributed by atoms with Crippen molar-refractivity contribution in [2.75, 3.05) is 6.61 Å². The maximum absolute atomic E-state index is 11.0. The number of hydrogen-bond acceptors (Lipinski definition) is 5. The van der Waals surface area contributed by atoms with E-state index in [1.807, 2.05) is 0 Å². The van der Waals surface area contributed by atoms with Gasteiger partial charge in [-0.15, -0.1) is 0 Å². The van der Waals surface area contributed by atoms with E-state index in [1.54, 1.807) is 12.3 Å². The molecule has 1 aromatic rings. The number of carbonyl (C=O) groups is 1. The molecule has 0 spiro atoms. The van der Waals surface area contributed by atoms with Gasteiger partial charge in [0.1, 0.15) is 11.8 Å². The van der Waals surface area contributed by atoms with Crippen LogP contribution in [0.1, 0.15) is 12.2 Å². The maximum atomic E-state index is 11.0. The summed E-state index contributed by atoms with van der Waals surface area (Å²) < 4.78 is 9.65. The van der Waals surface area contributed by atoms with E-state index in [1.165, 1.54) is 0 Å². The highest BCUT2D eigenvalue weighted by atomic mass is 16.5. The minimum absolute atomic E-state index is 0.181. The Labute approximate surface area is 75.0 Å². The average Bonchev–Trinajstić information content (AvgIpc) is 2.72. The molecule has 1 aromatic heterocycles. The highest BCUT2D eigenvalue weighted by molar-refractivity contribution is 5.77. The second-order valence-corrected chi connectivity index (χ2v) is 2.87. The van der Waals surface area contributed by atoms with E-state index in [2.05, 4.69) is 10.5 Å². The molecule has 0 radical (unpaired) electrons. The smallest absolute Gasteiger partial charge is 0.323 e. The molecule has 2 heterocycles. The summed E-state index contributed by atoms with van der Waals surface area (Å²) in [4.78, 5) is 11.0. The first kappa shape index (κ1) is 8.25. The van der Waals surface area contributed by atoms with Gasteiger partial charge in [-0.1, -0.05) is 5.16 Å². The van der Waals surface area contributed by atoms with Gasteiger partial charge in [0.05, 0.1) is 19.3 Å². The lowest BCUT2D eigenvalue weighted by atomic mass is 10.2. The zero-order chi connectivity index (χ0) is 9.10. The zero-order valence-corrected chi connectivity index (χ0v) is 7.03. The highest BCUT2D eigenvalue weighted by Gasteiger charge is 2.25. The quantitative estimate of drug-likeness (QED) is 0.670. The number of carbonyl (C=O) groups excluding carboxylic acids is 1. The van der Waals surface area contributed by atoms with Gasteiger partial charge in [-0.05, 0) is 0 Å². The molecule has 1 aliphatic heterocycles. The van der Waals surface area contributed by atoms with Gasteiger partial charge in [-0.25, -0.2) is 0 Å². The Bertz CT molecular complexity index is 284. The second-order valence-electron chi connectivity index (χ2n) is 2.87. The molecule has 1 fully saturated rings. The van der Waals surface area contributed by atoms with Gasteiger partial charge >= 0.3 is 5.97 Å². The lowest BCUT2D eigenvalue weighted by Gasteiger charge is -2.05. The first-order valence-corrected chi connectivity index (χ1v) is 4.16. The van der Waals surface area contributed by atoms with Crippen molar-refractivity contribution >= 4 is 5.97 Å². The molecule has 2 rings (SSSR count). The summed E-state index contributed by atoms with van der Waals surface area (Å²) in [5.41, 5.74) is 0. The predicted molar refractivity (Wildman–Crippen MR) is 42.7 cm³/mol. The Kier molecular flexibility index (Phi) is 2.27. The van der Waals surface area contributed by atoms with Crippen molar-refractivity contribution in [3.05, 3.63) is 18.0 Å². The zero-order valence-electron chi connectivity index (χ0n) is 7.03. The number of cyclic esters (lactones) is 1. The topological polar surface area (TPSA) is 64.4 Å². The van der Waals surface area contributed by atoms with Crippen molar-refractivity contribution in [1.29, 1.82) is 0 Å². The Hall–Kier alpha value is -1.36.